The number of nitrogens with zero attached hydrogens (tertiary/aromatic N) is 2. The van der Waals surface area contributed by atoms with E-state index in [4.69, 9.17) is 4.74 Å². The Kier molecular flexibility index (Phi) is 3.87. The normalized spacial score (nSPS) is 31.0. The fourth-order valence-electron chi connectivity index (χ4n) is 4.11. The number of nitro benzene ring substituents is 1. The van der Waals surface area contributed by atoms with E-state index in [2.05, 4.69) is 11.9 Å². The van der Waals surface area contributed by atoms with Crippen LogP contribution in [-0.4, -0.2) is 42.0 Å². The van der Waals surface area contributed by atoms with Crippen molar-refractivity contribution >= 4 is 11.7 Å². The average molecular weight is 304 g/mol. The van der Waals surface area contributed by atoms with Gasteiger partial charge in [0.25, 0.3) is 5.69 Å². The maximum Gasteiger partial charge on any atom is 0.310 e. The average Bonchev–Trinajstić information content (AvgIpc) is 2.76. The first kappa shape index (κ1) is 15.0. The second kappa shape index (κ2) is 5.68. The van der Waals surface area contributed by atoms with Gasteiger partial charge in [0.2, 0.25) is 0 Å². The minimum Gasteiger partial charge on any atom is -0.469 e. The lowest BCUT2D eigenvalue weighted by Gasteiger charge is -2.41. The van der Waals surface area contributed by atoms with Crippen LogP contribution in [0, 0.1) is 16.0 Å². The molecule has 2 aliphatic heterocycles. The molecule has 6 nitrogen and oxygen atoms in total. The molecule has 2 aliphatic rings. The van der Waals surface area contributed by atoms with Gasteiger partial charge in [0.1, 0.15) is 0 Å². The van der Waals surface area contributed by atoms with Crippen molar-refractivity contribution in [1.29, 1.82) is 0 Å². The summed E-state index contributed by atoms with van der Waals surface area (Å²) in [7, 11) is 3.50. The van der Waals surface area contributed by atoms with E-state index < -0.39 is 4.92 Å². The number of methoxy groups -OCH3 is 1. The van der Waals surface area contributed by atoms with Crippen molar-refractivity contribution in [2.45, 2.75) is 37.3 Å². The molecule has 2 fully saturated rings. The molecule has 4 atom stereocenters. The Labute approximate surface area is 129 Å². The third kappa shape index (κ3) is 2.37. The largest absolute Gasteiger partial charge is 0.469 e. The van der Waals surface area contributed by atoms with E-state index in [1.54, 1.807) is 12.1 Å². The van der Waals surface area contributed by atoms with Crippen LogP contribution < -0.4 is 0 Å². The van der Waals surface area contributed by atoms with Crippen LogP contribution in [0.1, 0.15) is 30.7 Å². The number of fused-ring (bicyclic) bond motifs is 2. The molecule has 22 heavy (non-hydrogen) atoms. The van der Waals surface area contributed by atoms with Crippen LogP contribution in [0.25, 0.3) is 0 Å². The molecule has 2 heterocycles. The van der Waals surface area contributed by atoms with Gasteiger partial charge in [-0.05, 0) is 31.9 Å². The van der Waals surface area contributed by atoms with Gasteiger partial charge in [-0.15, -0.1) is 0 Å². The predicted octanol–water partition coefficient (Wildman–Crippen LogP) is 2.33. The number of esters is 1. The van der Waals surface area contributed by atoms with Crippen molar-refractivity contribution in [2.75, 3.05) is 14.2 Å². The van der Waals surface area contributed by atoms with Crippen molar-refractivity contribution in [1.82, 2.24) is 4.90 Å². The summed E-state index contributed by atoms with van der Waals surface area (Å²) in [6.07, 6.45) is 2.99. The summed E-state index contributed by atoms with van der Waals surface area (Å²) in [4.78, 5) is 25.0. The number of non-ortho nitro benzene ring substituents is 1. The van der Waals surface area contributed by atoms with Crippen LogP contribution >= 0.6 is 0 Å². The molecule has 118 valence electrons. The predicted molar refractivity (Wildman–Crippen MR) is 80.5 cm³/mol. The summed E-state index contributed by atoms with van der Waals surface area (Å²) in [5.74, 6) is -0.308. The molecule has 3 rings (SSSR count). The topological polar surface area (TPSA) is 72.7 Å². The van der Waals surface area contributed by atoms with E-state index >= 15 is 0 Å². The van der Waals surface area contributed by atoms with Gasteiger partial charge in [0.05, 0.1) is 18.0 Å². The van der Waals surface area contributed by atoms with E-state index in [-0.39, 0.29) is 29.5 Å². The maximum absolute atomic E-state index is 12.3. The lowest BCUT2D eigenvalue weighted by atomic mass is 9.76. The van der Waals surface area contributed by atoms with Crippen molar-refractivity contribution in [3.63, 3.8) is 0 Å². The number of piperidine rings is 1. The van der Waals surface area contributed by atoms with Crippen LogP contribution in [0.4, 0.5) is 5.69 Å². The van der Waals surface area contributed by atoms with E-state index in [9.17, 15) is 14.9 Å². The molecule has 0 spiro atoms. The van der Waals surface area contributed by atoms with Crippen LogP contribution in [0.5, 0.6) is 0 Å². The number of benzene rings is 1. The molecule has 6 heteroatoms. The van der Waals surface area contributed by atoms with Gasteiger partial charge >= 0.3 is 5.97 Å². The van der Waals surface area contributed by atoms with E-state index in [1.165, 1.54) is 19.2 Å². The smallest absolute Gasteiger partial charge is 0.310 e. The van der Waals surface area contributed by atoms with Gasteiger partial charge in [-0.25, -0.2) is 0 Å². The van der Waals surface area contributed by atoms with Gasteiger partial charge in [-0.1, -0.05) is 12.1 Å². The minimum absolute atomic E-state index is 0.0713. The standard InChI is InChI=1S/C16H20N2O4/c1-17-12-7-8-14(17)15(16(19)22-2)13(9-12)10-3-5-11(6-4-10)18(20)21/h3-6,12-15H,7-9H2,1-2H3/t12-,13+,14?,15?/m0/s1. The first-order valence-electron chi connectivity index (χ1n) is 7.57. The highest BCUT2D eigenvalue weighted by molar-refractivity contribution is 5.75. The van der Waals surface area contributed by atoms with Gasteiger partial charge < -0.3 is 4.74 Å². The third-order valence-corrected chi connectivity index (χ3v) is 5.27. The highest BCUT2D eigenvalue weighted by Gasteiger charge is 2.49. The van der Waals surface area contributed by atoms with Gasteiger partial charge in [0.15, 0.2) is 0 Å². The fourth-order valence-corrected chi connectivity index (χ4v) is 4.11. The number of carbonyl (C=O) groups excluding carboxylic acids is 1. The van der Waals surface area contributed by atoms with Crippen LogP contribution in [-0.2, 0) is 9.53 Å². The summed E-state index contributed by atoms with van der Waals surface area (Å²) in [5, 5.41) is 10.8. The molecular weight excluding hydrogens is 284 g/mol. The van der Waals surface area contributed by atoms with Gasteiger partial charge in [-0.3, -0.25) is 19.8 Å². The van der Waals surface area contributed by atoms with Crippen LogP contribution in [0.3, 0.4) is 0 Å². The van der Waals surface area contributed by atoms with E-state index in [1.807, 2.05) is 0 Å². The molecule has 0 amide bonds. The molecular formula is C16H20N2O4. The quantitative estimate of drug-likeness (QED) is 0.487. The Bertz CT molecular complexity index is 586. The molecule has 0 N–H and O–H groups in total. The Hall–Kier alpha value is -1.95. The van der Waals surface area contributed by atoms with Gasteiger partial charge in [0, 0.05) is 30.1 Å². The first-order chi connectivity index (χ1) is 10.5. The molecule has 1 aromatic rings. The first-order valence-corrected chi connectivity index (χ1v) is 7.57. The van der Waals surface area contributed by atoms with E-state index in [0.717, 1.165) is 24.8 Å². The van der Waals surface area contributed by atoms with E-state index in [0.29, 0.717) is 6.04 Å². The van der Waals surface area contributed by atoms with Crippen molar-refractivity contribution in [2.24, 2.45) is 5.92 Å². The van der Waals surface area contributed by atoms with Crippen molar-refractivity contribution < 1.29 is 14.5 Å². The highest BCUT2D eigenvalue weighted by atomic mass is 16.6. The molecule has 0 saturated carbocycles. The molecule has 0 aliphatic carbocycles. The summed E-state index contributed by atoms with van der Waals surface area (Å²) < 4.78 is 5.03. The summed E-state index contributed by atoms with van der Waals surface area (Å²) in [6, 6.07) is 7.28. The second-order valence-corrected chi connectivity index (χ2v) is 6.20. The number of hydrogen-bond acceptors (Lipinski definition) is 5. The molecule has 2 bridgehead atoms. The Balaban J connectivity index is 1.93. The van der Waals surface area contributed by atoms with Gasteiger partial charge in [-0.2, -0.15) is 0 Å². The molecule has 2 saturated heterocycles. The maximum atomic E-state index is 12.3. The zero-order chi connectivity index (χ0) is 15.9. The molecule has 0 radical (unpaired) electrons. The van der Waals surface area contributed by atoms with Crippen LogP contribution in [0.15, 0.2) is 24.3 Å². The summed E-state index contributed by atoms with van der Waals surface area (Å²) in [5.41, 5.74) is 1.07. The fraction of sp³-hybridized carbons (Fsp3) is 0.562. The lowest BCUT2D eigenvalue weighted by molar-refractivity contribution is -0.384. The monoisotopic (exact) mass is 304 g/mol. The number of rotatable bonds is 3. The molecule has 1 aromatic carbocycles. The van der Waals surface area contributed by atoms with Crippen molar-refractivity contribution in [3.05, 3.63) is 39.9 Å². The van der Waals surface area contributed by atoms with Crippen LogP contribution in [0.2, 0.25) is 0 Å². The molecule has 0 aromatic heterocycles. The minimum atomic E-state index is -0.403. The Morgan fingerprint density at radius 3 is 2.59 bits per heavy atom. The second-order valence-electron chi connectivity index (χ2n) is 6.20. The molecule has 2 unspecified atom stereocenters. The summed E-state index contributed by atoms with van der Waals surface area (Å²) >= 11 is 0. The van der Waals surface area contributed by atoms with Crippen molar-refractivity contribution in [3.8, 4) is 0 Å². The third-order valence-electron chi connectivity index (χ3n) is 5.27. The number of nitro groups is 1. The number of carbonyl (C=O) groups is 1. The zero-order valence-corrected chi connectivity index (χ0v) is 12.8. The zero-order valence-electron chi connectivity index (χ0n) is 12.8. The highest BCUT2D eigenvalue weighted by Crippen LogP contribution is 2.46. The Morgan fingerprint density at radius 2 is 2.00 bits per heavy atom. The lowest BCUT2D eigenvalue weighted by Crippen LogP contribution is -2.49. The number of ether oxygens (including phenoxy) is 1. The Morgan fingerprint density at radius 1 is 1.32 bits per heavy atom. The summed E-state index contributed by atoms with van der Waals surface area (Å²) in [6.45, 7) is 0. The number of hydrogen-bond donors (Lipinski definition) is 0. The SMILES string of the molecule is COC(=O)C1C2CC[C@@H](C[C@@H]1c1ccc([N+](=O)[O-])cc1)N2C.